The smallest absolute Gasteiger partial charge is 0.0959 e. The van der Waals surface area contributed by atoms with Gasteiger partial charge in [-0.3, -0.25) is 0 Å². The third-order valence-corrected chi connectivity index (χ3v) is 3.39. The van der Waals surface area contributed by atoms with E-state index in [1.807, 2.05) is 24.5 Å². The minimum absolute atomic E-state index is 0.613. The predicted octanol–water partition coefficient (Wildman–Crippen LogP) is 2.89. The van der Waals surface area contributed by atoms with Gasteiger partial charge in [0.2, 0.25) is 0 Å². The molecular weight excluding hydrogens is 280 g/mol. The quantitative estimate of drug-likeness (QED) is 0.566. The van der Waals surface area contributed by atoms with E-state index in [4.69, 9.17) is 14.2 Å². The van der Waals surface area contributed by atoms with E-state index in [0.29, 0.717) is 33.0 Å². The molecule has 0 aliphatic carbocycles. The maximum atomic E-state index is 5.59. The van der Waals surface area contributed by atoms with E-state index in [-0.39, 0.29) is 0 Å². The largest absolute Gasteiger partial charge is 0.379 e. The molecule has 2 aromatic rings. The van der Waals surface area contributed by atoms with Crippen LogP contribution in [0.1, 0.15) is 19.8 Å². The highest BCUT2D eigenvalue weighted by atomic mass is 16.5. The van der Waals surface area contributed by atoms with Gasteiger partial charge in [-0.2, -0.15) is 0 Å². The Kier molecular flexibility index (Phi) is 7.94. The van der Waals surface area contributed by atoms with E-state index in [9.17, 15) is 0 Å². The van der Waals surface area contributed by atoms with Crippen molar-refractivity contribution in [3.8, 4) is 0 Å². The van der Waals surface area contributed by atoms with Crippen LogP contribution in [0.3, 0.4) is 0 Å². The average molecular weight is 306 g/mol. The molecule has 0 unspecified atom stereocenters. The first-order chi connectivity index (χ1) is 10.9. The highest BCUT2D eigenvalue weighted by Gasteiger charge is 2.00. The standard InChI is InChI=1S/C17H26N2O3/c1-2-3-9-20-11-13-22-14-12-21-10-8-19-15-18-16-6-4-5-7-17(16)19/h4-7,15H,2-3,8-14H2,1H3. The van der Waals surface area contributed by atoms with Crippen LogP contribution in [0.2, 0.25) is 0 Å². The summed E-state index contributed by atoms with van der Waals surface area (Å²) in [6.45, 7) is 6.99. The molecule has 0 aliphatic heterocycles. The molecule has 1 aromatic carbocycles. The SMILES string of the molecule is CCCCOCCOCCOCCn1cnc2ccccc21. The zero-order valence-electron chi connectivity index (χ0n) is 13.4. The zero-order valence-corrected chi connectivity index (χ0v) is 13.4. The number of imidazole rings is 1. The number of aromatic nitrogens is 2. The molecule has 0 aliphatic rings. The molecule has 5 nitrogen and oxygen atoms in total. The molecule has 2 rings (SSSR count). The van der Waals surface area contributed by atoms with Crippen molar-refractivity contribution in [2.75, 3.05) is 39.6 Å². The fraction of sp³-hybridized carbons (Fsp3) is 0.588. The van der Waals surface area contributed by atoms with Crippen LogP contribution in [0.4, 0.5) is 0 Å². The van der Waals surface area contributed by atoms with Crippen LogP contribution in [-0.4, -0.2) is 49.2 Å². The monoisotopic (exact) mass is 306 g/mol. The Bertz CT molecular complexity index is 527. The fourth-order valence-corrected chi connectivity index (χ4v) is 2.14. The number of hydrogen-bond acceptors (Lipinski definition) is 4. The molecule has 0 radical (unpaired) electrons. The molecule has 0 bridgehead atoms. The molecule has 1 aromatic heterocycles. The first-order valence-corrected chi connectivity index (χ1v) is 8.05. The van der Waals surface area contributed by atoms with Gasteiger partial charge < -0.3 is 18.8 Å². The second-order valence-electron chi connectivity index (χ2n) is 5.12. The Morgan fingerprint density at radius 1 is 0.909 bits per heavy atom. The highest BCUT2D eigenvalue weighted by Crippen LogP contribution is 2.11. The first kappa shape index (κ1) is 16.9. The molecule has 0 spiro atoms. The van der Waals surface area contributed by atoms with Crippen LogP contribution in [0, 0.1) is 0 Å². The molecule has 22 heavy (non-hydrogen) atoms. The van der Waals surface area contributed by atoms with Crippen LogP contribution < -0.4 is 0 Å². The van der Waals surface area contributed by atoms with Gasteiger partial charge in [-0.05, 0) is 18.6 Å². The third kappa shape index (κ3) is 5.75. The average Bonchev–Trinajstić information content (AvgIpc) is 2.96. The van der Waals surface area contributed by atoms with Gasteiger partial charge in [-0.25, -0.2) is 4.98 Å². The van der Waals surface area contributed by atoms with Crippen molar-refractivity contribution < 1.29 is 14.2 Å². The molecule has 122 valence electrons. The van der Waals surface area contributed by atoms with Gasteiger partial charge in [0.15, 0.2) is 0 Å². The van der Waals surface area contributed by atoms with Crippen LogP contribution >= 0.6 is 0 Å². The summed E-state index contributed by atoms with van der Waals surface area (Å²) in [5.41, 5.74) is 2.17. The fourth-order valence-electron chi connectivity index (χ4n) is 2.14. The first-order valence-electron chi connectivity index (χ1n) is 8.05. The Morgan fingerprint density at radius 3 is 2.36 bits per heavy atom. The molecule has 0 saturated carbocycles. The Balaban J connectivity index is 1.48. The summed E-state index contributed by atoms with van der Waals surface area (Å²) in [6.07, 6.45) is 4.14. The van der Waals surface area contributed by atoms with Crippen molar-refractivity contribution in [1.29, 1.82) is 0 Å². The van der Waals surface area contributed by atoms with E-state index < -0.39 is 0 Å². The van der Waals surface area contributed by atoms with E-state index in [1.54, 1.807) is 0 Å². The van der Waals surface area contributed by atoms with Crippen molar-refractivity contribution in [1.82, 2.24) is 9.55 Å². The Labute approximate surface area is 132 Å². The van der Waals surface area contributed by atoms with Gasteiger partial charge in [0, 0.05) is 13.2 Å². The van der Waals surface area contributed by atoms with Gasteiger partial charge in [-0.1, -0.05) is 25.5 Å². The van der Waals surface area contributed by atoms with Crippen molar-refractivity contribution in [3.63, 3.8) is 0 Å². The number of unbranched alkanes of at least 4 members (excludes halogenated alkanes) is 1. The third-order valence-electron chi connectivity index (χ3n) is 3.39. The summed E-state index contributed by atoms with van der Waals surface area (Å²) < 4.78 is 18.6. The van der Waals surface area contributed by atoms with Gasteiger partial charge in [0.25, 0.3) is 0 Å². The van der Waals surface area contributed by atoms with Crippen molar-refractivity contribution in [3.05, 3.63) is 30.6 Å². The predicted molar refractivity (Wildman–Crippen MR) is 87.1 cm³/mol. The molecule has 0 atom stereocenters. The summed E-state index contributed by atoms with van der Waals surface area (Å²) in [5.74, 6) is 0. The van der Waals surface area contributed by atoms with Crippen LogP contribution in [0.25, 0.3) is 11.0 Å². The van der Waals surface area contributed by atoms with Crippen LogP contribution in [-0.2, 0) is 20.8 Å². The molecule has 1 heterocycles. The molecule has 0 fully saturated rings. The number of fused-ring (bicyclic) bond motifs is 1. The summed E-state index contributed by atoms with van der Waals surface area (Å²) >= 11 is 0. The summed E-state index contributed by atoms with van der Waals surface area (Å²) in [4.78, 5) is 4.36. The van der Waals surface area contributed by atoms with E-state index in [1.165, 1.54) is 6.42 Å². The number of rotatable bonds is 12. The number of ether oxygens (including phenoxy) is 3. The normalized spacial score (nSPS) is 11.3. The highest BCUT2D eigenvalue weighted by molar-refractivity contribution is 5.74. The van der Waals surface area contributed by atoms with E-state index in [2.05, 4.69) is 22.5 Å². The van der Waals surface area contributed by atoms with Crippen molar-refractivity contribution in [2.45, 2.75) is 26.3 Å². The molecule has 0 amide bonds. The van der Waals surface area contributed by atoms with Gasteiger partial charge in [-0.15, -0.1) is 0 Å². The lowest BCUT2D eigenvalue weighted by Gasteiger charge is -2.07. The second-order valence-corrected chi connectivity index (χ2v) is 5.12. The lowest BCUT2D eigenvalue weighted by Crippen LogP contribution is -2.12. The lowest BCUT2D eigenvalue weighted by molar-refractivity contribution is 0.0128. The van der Waals surface area contributed by atoms with Crippen LogP contribution in [0.5, 0.6) is 0 Å². The topological polar surface area (TPSA) is 45.5 Å². The minimum Gasteiger partial charge on any atom is -0.379 e. The van der Waals surface area contributed by atoms with E-state index in [0.717, 1.165) is 30.6 Å². The van der Waals surface area contributed by atoms with E-state index >= 15 is 0 Å². The summed E-state index contributed by atoms with van der Waals surface area (Å²) in [5, 5.41) is 0. The lowest BCUT2D eigenvalue weighted by atomic mass is 10.3. The summed E-state index contributed by atoms with van der Waals surface area (Å²) in [7, 11) is 0. The number of nitrogens with zero attached hydrogens (tertiary/aromatic N) is 2. The zero-order chi connectivity index (χ0) is 15.5. The maximum Gasteiger partial charge on any atom is 0.0959 e. The minimum atomic E-state index is 0.613. The molecule has 0 saturated heterocycles. The number of hydrogen-bond donors (Lipinski definition) is 0. The molecule has 5 heteroatoms. The summed E-state index contributed by atoms with van der Waals surface area (Å²) in [6, 6.07) is 8.12. The van der Waals surface area contributed by atoms with Gasteiger partial charge in [0.1, 0.15) is 0 Å². The maximum absolute atomic E-state index is 5.59. The number of para-hydroxylation sites is 2. The van der Waals surface area contributed by atoms with Crippen molar-refractivity contribution >= 4 is 11.0 Å². The van der Waals surface area contributed by atoms with Crippen LogP contribution in [0.15, 0.2) is 30.6 Å². The Morgan fingerprint density at radius 2 is 1.59 bits per heavy atom. The molecular formula is C17H26N2O3. The second kappa shape index (κ2) is 10.3. The molecule has 0 N–H and O–H groups in total. The van der Waals surface area contributed by atoms with Gasteiger partial charge in [0.05, 0.1) is 50.4 Å². The van der Waals surface area contributed by atoms with Crippen molar-refractivity contribution in [2.24, 2.45) is 0 Å². The number of benzene rings is 1. The Hall–Kier alpha value is -1.43. The van der Waals surface area contributed by atoms with Gasteiger partial charge >= 0.3 is 0 Å².